The number of amides is 1. The van der Waals surface area contributed by atoms with Crippen molar-refractivity contribution in [3.63, 3.8) is 0 Å². The maximum absolute atomic E-state index is 11.6. The summed E-state index contributed by atoms with van der Waals surface area (Å²) in [6, 6.07) is 12.0. The standard InChI is InChI=1S/C14H11NO5/c15-13(17)11-7-6-10(8-12(11)16)19-20-14(18)9-4-2-1-3-5-9/h1-8,16H,(H2,15,17). The predicted octanol–water partition coefficient (Wildman–Crippen LogP) is 1.64. The third-order valence-electron chi connectivity index (χ3n) is 2.46. The average molecular weight is 273 g/mol. The second-order valence-corrected chi connectivity index (χ2v) is 3.86. The van der Waals surface area contributed by atoms with Gasteiger partial charge in [0.25, 0.3) is 5.91 Å². The summed E-state index contributed by atoms with van der Waals surface area (Å²) in [6.45, 7) is 0. The number of rotatable bonds is 4. The fourth-order valence-electron chi connectivity index (χ4n) is 1.48. The van der Waals surface area contributed by atoms with Gasteiger partial charge < -0.3 is 10.8 Å². The molecule has 20 heavy (non-hydrogen) atoms. The quantitative estimate of drug-likeness (QED) is 0.651. The molecule has 2 aromatic rings. The van der Waals surface area contributed by atoms with Gasteiger partial charge >= 0.3 is 5.97 Å². The monoisotopic (exact) mass is 273 g/mol. The Bertz CT molecular complexity index is 639. The third-order valence-corrected chi connectivity index (χ3v) is 2.46. The molecule has 6 heteroatoms. The van der Waals surface area contributed by atoms with Crippen LogP contribution in [0.4, 0.5) is 0 Å². The van der Waals surface area contributed by atoms with Crippen LogP contribution in [0.2, 0.25) is 0 Å². The molecule has 2 aromatic carbocycles. The molecular formula is C14H11NO5. The normalized spacial score (nSPS) is 9.80. The fourth-order valence-corrected chi connectivity index (χ4v) is 1.48. The average Bonchev–Trinajstić information content (AvgIpc) is 2.45. The number of carbonyl (C=O) groups excluding carboxylic acids is 2. The number of aromatic hydroxyl groups is 1. The smallest absolute Gasteiger partial charge is 0.386 e. The van der Waals surface area contributed by atoms with Crippen molar-refractivity contribution in [2.45, 2.75) is 0 Å². The molecule has 1 amide bonds. The Balaban J connectivity index is 2.03. The topological polar surface area (TPSA) is 98.9 Å². The number of hydrogen-bond acceptors (Lipinski definition) is 5. The van der Waals surface area contributed by atoms with Crippen molar-refractivity contribution in [1.82, 2.24) is 0 Å². The second kappa shape index (κ2) is 5.75. The fraction of sp³-hybridized carbons (Fsp3) is 0. The van der Waals surface area contributed by atoms with Crippen molar-refractivity contribution in [3.05, 3.63) is 59.7 Å². The Hall–Kier alpha value is -3.02. The number of primary amides is 1. The number of carbonyl (C=O) groups is 2. The van der Waals surface area contributed by atoms with Crippen molar-refractivity contribution < 1.29 is 24.5 Å². The lowest BCUT2D eigenvalue weighted by Crippen LogP contribution is -2.11. The van der Waals surface area contributed by atoms with Crippen LogP contribution in [0.15, 0.2) is 48.5 Å². The third kappa shape index (κ3) is 3.05. The lowest BCUT2D eigenvalue weighted by Gasteiger charge is -2.06. The molecule has 0 aliphatic carbocycles. The maximum atomic E-state index is 11.6. The first-order valence-corrected chi connectivity index (χ1v) is 5.64. The van der Waals surface area contributed by atoms with E-state index in [1.807, 2.05) is 0 Å². The van der Waals surface area contributed by atoms with Crippen LogP contribution in [0.3, 0.4) is 0 Å². The number of hydrogen-bond donors (Lipinski definition) is 2. The molecule has 0 saturated heterocycles. The Morgan fingerprint density at radius 1 is 1.05 bits per heavy atom. The number of nitrogens with two attached hydrogens (primary N) is 1. The van der Waals surface area contributed by atoms with Crippen LogP contribution in [-0.2, 0) is 4.89 Å². The lowest BCUT2D eigenvalue weighted by atomic mass is 10.2. The zero-order valence-electron chi connectivity index (χ0n) is 10.3. The van der Waals surface area contributed by atoms with Gasteiger partial charge in [0, 0.05) is 6.07 Å². The highest BCUT2D eigenvalue weighted by Gasteiger charge is 2.11. The van der Waals surface area contributed by atoms with E-state index in [2.05, 4.69) is 4.89 Å². The summed E-state index contributed by atoms with van der Waals surface area (Å²) in [4.78, 5) is 31.9. The van der Waals surface area contributed by atoms with Gasteiger partial charge in [0.15, 0.2) is 5.75 Å². The van der Waals surface area contributed by atoms with Gasteiger partial charge in [-0.25, -0.2) is 9.68 Å². The molecule has 0 fully saturated rings. The van der Waals surface area contributed by atoms with Crippen LogP contribution in [0.5, 0.6) is 11.5 Å². The van der Waals surface area contributed by atoms with E-state index in [-0.39, 0.29) is 17.1 Å². The van der Waals surface area contributed by atoms with Crippen molar-refractivity contribution >= 4 is 11.9 Å². The SMILES string of the molecule is NC(=O)c1ccc(OOC(=O)c2ccccc2)cc1O. The van der Waals surface area contributed by atoms with E-state index in [1.54, 1.807) is 30.3 Å². The molecule has 0 radical (unpaired) electrons. The van der Waals surface area contributed by atoms with Crippen LogP contribution in [0, 0.1) is 0 Å². The minimum atomic E-state index is -0.768. The van der Waals surface area contributed by atoms with E-state index in [4.69, 9.17) is 10.6 Å². The lowest BCUT2D eigenvalue weighted by molar-refractivity contribution is -0.149. The Morgan fingerprint density at radius 3 is 2.35 bits per heavy atom. The van der Waals surface area contributed by atoms with Gasteiger partial charge in [-0.05, 0) is 24.3 Å². The molecule has 0 spiro atoms. The highest BCUT2D eigenvalue weighted by Crippen LogP contribution is 2.23. The molecule has 0 atom stereocenters. The van der Waals surface area contributed by atoms with Crippen molar-refractivity contribution in [2.24, 2.45) is 5.73 Å². The summed E-state index contributed by atoms with van der Waals surface area (Å²) in [5, 5.41) is 9.52. The molecule has 0 aliphatic rings. The minimum absolute atomic E-state index is 0.0493. The van der Waals surface area contributed by atoms with E-state index >= 15 is 0 Å². The summed E-state index contributed by atoms with van der Waals surface area (Å²) in [6.07, 6.45) is 0. The number of benzene rings is 2. The summed E-state index contributed by atoms with van der Waals surface area (Å²) >= 11 is 0. The maximum Gasteiger partial charge on any atom is 0.386 e. The largest absolute Gasteiger partial charge is 0.507 e. The van der Waals surface area contributed by atoms with Crippen LogP contribution in [-0.4, -0.2) is 17.0 Å². The van der Waals surface area contributed by atoms with Gasteiger partial charge in [0.05, 0.1) is 11.1 Å². The van der Waals surface area contributed by atoms with Gasteiger partial charge in [-0.1, -0.05) is 18.2 Å². The van der Waals surface area contributed by atoms with E-state index in [0.717, 1.165) is 6.07 Å². The molecule has 0 bridgehead atoms. The van der Waals surface area contributed by atoms with Gasteiger partial charge in [0.2, 0.25) is 0 Å². The van der Waals surface area contributed by atoms with Crippen LogP contribution < -0.4 is 10.6 Å². The summed E-state index contributed by atoms with van der Waals surface area (Å²) < 4.78 is 0. The van der Waals surface area contributed by atoms with E-state index in [0.29, 0.717) is 5.56 Å². The molecule has 0 saturated carbocycles. The summed E-state index contributed by atoms with van der Waals surface area (Å²) in [5.74, 6) is -1.73. The zero-order valence-corrected chi connectivity index (χ0v) is 10.3. The molecule has 2 rings (SSSR count). The van der Waals surface area contributed by atoms with Crippen molar-refractivity contribution in [3.8, 4) is 11.5 Å². The molecule has 3 N–H and O–H groups in total. The predicted molar refractivity (Wildman–Crippen MR) is 69.1 cm³/mol. The Morgan fingerprint density at radius 2 is 1.75 bits per heavy atom. The molecule has 0 unspecified atom stereocenters. The minimum Gasteiger partial charge on any atom is -0.507 e. The number of phenols is 1. The molecular weight excluding hydrogens is 262 g/mol. The highest BCUT2D eigenvalue weighted by atomic mass is 17.2. The van der Waals surface area contributed by atoms with Gasteiger partial charge in [0.1, 0.15) is 5.75 Å². The van der Waals surface area contributed by atoms with E-state index < -0.39 is 11.9 Å². The zero-order chi connectivity index (χ0) is 14.5. The molecule has 0 aromatic heterocycles. The van der Waals surface area contributed by atoms with Crippen LogP contribution >= 0.6 is 0 Å². The van der Waals surface area contributed by atoms with Crippen LogP contribution in [0.1, 0.15) is 20.7 Å². The highest BCUT2D eigenvalue weighted by molar-refractivity contribution is 5.95. The summed E-state index contributed by atoms with van der Waals surface area (Å²) in [7, 11) is 0. The van der Waals surface area contributed by atoms with Gasteiger partial charge in [-0.15, -0.1) is 0 Å². The molecule has 102 valence electrons. The van der Waals surface area contributed by atoms with Crippen molar-refractivity contribution in [1.29, 1.82) is 0 Å². The summed E-state index contributed by atoms with van der Waals surface area (Å²) in [5.41, 5.74) is 5.31. The Kier molecular flexibility index (Phi) is 3.85. The first-order chi connectivity index (χ1) is 9.58. The first kappa shape index (κ1) is 13.4. The second-order valence-electron chi connectivity index (χ2n) is 3.86. The first-order valence-electron chi connectivity index (χ1n) is 5.64. The van der Waals surface area contributed by atoms with Crippen molar-refractivity contribution in [2.75, 3.05) is 0 Å². The van der Waals surface area contributed by atoms with E-state index in [9.17, 15) is 14.7 Å². The van der Waals surface area contributed by atoms with Crippen LogP contribution in [0.25, 0.3) is 0 Å². The molecule has 0 heterocycles. The molecule has 0 aliphatic heterocycles. The Labute approximate surface area is 114 Å². The molecule has 6 nitrogen and oxygen atoms in total. The van der Waals surface area contributed by atoms with E-state index in [1.165, 1.54) is 12.1 Å². The van der Waals surface area contributed by atoms with Gasteiger partial charge in [-0.3, -0.25) is 9.68 Å². The van der Waals surface area contributed by atoms with Gasteiger partial charge in [-0.2, -0.15) is 0 Å².